The van der Waals surface area contributed by atoms with Crippen LogP contribution in [0.3, 0.4) is 0 Å². The van der Waals surface area contributed by atoms with Crippen LogP contribution in [0.5, 0.6) is 0 Å². The van der Waals surface area contributed by atoms with E-state index in [2.05, 4.69) is 0 Å². The van der Waals surface area contributed by atoms with Crippen LogP contribution in [0.15, 0.2) is 29.2 Å². The Morgan fingerprint density at radius 2 is 1.75 bits per heavy atom. The Balaban J connectivity index is 3.10. The number of hydrogen-bond donors (Lipinski definition) is 2. The van der Waals surface area contributed by atoms with Crippen LogP contribution in [0.4, 0.5) is 0 Å². The molecule has 0 heterocycles. The van der Waals surface area contributed by atoms with Crippen LogP contribution in [0.2, 0.25) is 0 Å². The first-order valence-electron chi connectivity index (χ1n) is 4.74. The minimum Gasteiger partial charge on any atom is -0.290 e. The van der Waals surface area contributed by atoms with Gasteiger partial charge in [-0.05, 0) is 38.1 Å². The summed E-state index contributed by atoms with van der Waals surface area (Å²) in [5, 5.41) is -0.485. The number of nitrogens with two attached hydrogens (primary N) is 1. The van der Waals surface area contributed by atoms with Crippen molar-refractivity contribution in [1.29, 1.82) is 0 Å². The first kappa shape index (κ1) is 12.7. The summed E-state index contributed by atoms with van der Waals surface area (Å²) < 4.78 is 23.5. The molecular formula is C10H14N2O3S. The highest BCUT2D eigenvalue weighted by molar-refractivity contribution is 7.92. The van der Waals surface area contributed by atoms with E-state index in [1.165, 1.54) is 24.3 Å². The maximum Gasteiger partial charge on any atom is 0.265 e. The van der Waals surface area contributed by atoms with Crippen molar-refractivity contribution in [1.82, 2.24) is 5.43 Å². The molecule has 0 radical (unpaired) electrons. The number of sulfone groups is 1. The van der Waals surface area contributed by atoms with E-state index in [1.54, 1.807) is 13.8 Å². The topological polar surface area (TPSA) is 89.3 Å². The van der Waals surface area contributed by atoms with Crippen LogP contribution < -0.4 is 11.3 Å². The molecule has 0 atom stereocenters. The Hall–Kier alpha value is -1.40. The third kappa shape index (κ3) is 2.40. The minimum atomic E-state index is -3.29. The van der Waals surface area contributed by atoms with Gasteiger partial charge >= 0.3 is 0 Å². The van der Waals surface area contributed by atoms with Crippen molar-refractivity contribution in [3.05, 3.63) is 29.8 Å². The second kappa shape index (κ2) is 4.63. The lowest BCUT2D eigenvalue weighted by Gasteiger charge is -2.08. The molecule has 0 spiro atoms. The fourth-order valence-electron chi connectivity index (χ4n) is 1.15. The van der Waals surface area contributed by atoms with E-state index in [0.29, 0.717) is 5.56 Å². The average molecular weight is 242 g/mol. The average Bonchev–Trinajstić information content (AvgIpc) is 2.28. The zero-order chi connectivity index (χ0) is 12.3. The Morgan fingerprint density at radius 1 is 1.25 bits per heavy atom. The summed E-state index contributed by atoms with van der Waals surface area (Å²) in [6, 6.07) is 5.66. The van der Waals surface area contributed by atoms with Gasteiger partial charge in [-0.25, -0.2) is 14.3 Å². The molecule has 0 bridgehead atoms. The molecule has 0 aliphatic rings. The van der Waals surface area contributed by atoms with Gasteiger partial charge in [0.15, 0.2) is 9.84 Å². The van der Waals surface area contributed by atoms with E-state index in [1.807, 2.05) is 5.43 Å². The van der Waals surface area contributed by atoms with Crippen LogP contribution in [0.25, 0.3) is 0 Å². The molecule has 0 saturated carbocycles. The van der Waals surface area contributed by atoms with Gasteiger partial charge in [0.2, 0.25) is 0 Å². The molecule has 0 saturated heterocycles. The summed E-state index contributed by atoms with van der Waals surface area (Å²) in [7, 11) is -3.29. The highest BCUT2D eigenvalue weighted by Crippen LogP contribution is 2.16. The predicted molar refractivity (Wildman–Crippen MR) is 60.4 cm³/mol. The van der Waals surface area contributed by atoms with Gasteiger partial charge in [0, 0.05) is 5.56 Å². The van der Waals surface area contributed by atoms with Gasteiger partial charge < -0.3 is 0 Å². The fraction of sp³-hybridized carbons (Fsp3) is 0.300. The van der Waals surface area contributed by atoms with Crippen molar-refractivity contribution in [2.45, 2.75) is 24.0 Å². The van der Waals surface area contributed by atoms with Crippen LogP contribution in [-0.4, -0.2) is 19.6 Å². The van der Waals surface area contributed by atoms with Crippen LogP contribution in [0.1, 0.15) is 24.2 Å². The van der Waals surface area contributed by atoms with Gasteiger partial charge in [0.1, 0.15) is 0 Å². The minimum absolute atomic E-state index is 0.205. The highest BCUT2D eigenvalue weighted by Gasteiger charge is 2.19. The van der Waals surface area contributed by atoms with Crippen molar-refractivity contribution in [2.75, 3.05) is 0 Å². The number of amides is 1. The van der Waals surface area contributed by atoms with Gasteiger partial charge in [-0.1, -0.05) is 0 Å². The van der Waals surface area contributed by atoms with Crippen molar-refractivity contribution in [3.8, 4) is 0 Å². The third-order valence-corrected chi connectivity index (χ3v) is 4.37. The summed E-state index contributed by atoms with van der Waals surface area (Å²) in [6.07, 6.45) is 0. The second-order valence-corrected chi connectivity index (χ2v) is 6.10. The number of rotatable bonds is 3. The zero-order valence-corrected chi connectivity index (χ0v) is 9.91. The lowest BCUT2D eigenvalue weighted by Crippen LogP contribution is -2.29. The van der Waals surface area contributed by atoms with Crippen LogP contribution in [-0.2, 0) is 9.84 Å². The largest absolute Gasteiger partial charge is 0.290 e. The number of benzene rings is 1. The van der Waals surface area contributed by atoms with E-state index in [-0.39, 0.29) is 4.90 Å². The maximum absolute atomic E-state index is 11.8. The lowest BCUT2D eigenvalue weighted by atomic mass is 10.2. The molecule has 16 heavy (non-hydrogen) atoms. The van der Waals surface area contributed by atoms with Gasteiger partial charge in [0.25, 0.3) is 5.91 Å². The summed E-state index contributed by atoms with van der Waals surface area (Å²) in [5.41, 5.74) is 2.30. The van der Waals surface area contributed by atoms with Crippen molar-refractivity contribution >= 4 is 15.7 Å². The maximum atomic E-state index is 11.8. The van der Waals surface area contributed by atoms with E-state index in [4.69, 9.17) is 5.84 Å². The SMILES string of the molecule is CC(C)S(=O)(=O)c1ccc(C(=O)NN)cc1. The van der Waals surface area contributed by atoms with E-state index in [9.17, 15) is 13.2 Å². The number of hydrazine groups is 1. The van der Waals surface area contributed by atoms with Gasteiger partial charge in [-0.2, -0.15) is 0 Å². The molecule has 6 heteroatoms. The first-order valence-corrected chi connectivity index (χ1v) is 6.29. The third-order valence-electron chi connectivity index (χ3n) is 2.20. The zero-order valence-electron chi connectivity index (χ0n) is 9.10. The Labute approximate surface area is 94.5 Å². The van der Waals surface area contributed by atoms with Crippen LogP contribution in [0, 0.1) is 0 Å². The Morgan fingerprint density at radius 3 is 2.12 bits per heavy atom. The number of nitrogens with one attached hydrogen (secondary N) is 1. The molecule has 1 aromatic carbocycles. The molecular weight excluding hydrogens is 228 g/mol. The molecule has 0 unspecified atom stereocenters. The fourth-order valence-corrected chi connectivity index (χ4v) is 2.21. The number of nitrogen functional groups attached to an aromatic ring is 1. The smallest absolute Gasteiger partial charge is 0.265 e. The number of hydrogen-bond acceptors (Lipinski definition) is 4. The Kier molecular flexibility index (Phi) is 3.66. The molecule has 1 rings (SSSR count). The highest BCUT2D eigenvalue weighted by atomic mass is 32.2. The van der Waals surface area contributed by atoms with Crippen LogP contribution >= 0.6 is 0 Å². The summed E-state index contributed by atoms with van der Waals surface area (Å²) in [5.74, 6) is 4.51. The quantitative estimate of drug-likeness (QED) is 0.458. The molecule has 5 nitrogen and oxygen atoms in total. The van der Waals surface area contributed by atoms with Gasteiger partial charge in [-0.3, -0.25) is 10.2 Å². The molecule has 0 fully saturated rings. The number of carbonyl (C=O) groups is 1. The first-order chi connectivity index (χ1) is 7.39. The summed E-state index contributed by atoms with van der Waals surface area (Å²) in [4.78, 5) is 11.3. The predicted octanol–water partition coefficient (Wildman–Crippen LogP) is 0.472. The monoisotopic (exact) mass is 242 g/mol. The van der Waals surface area contributed by atoms with Crippen molar-refractivity contribution in [3.63, 3.8) is 0 Å². The molecule has 0 aromatic heterocycles. The van der Waals surface area contributed by atoms with E-state index < -0.39 is 21.0 Å². The van der Waals surface area contributed by atoms with E-state index >= 15 is 0 Å². The summed E-state index contributed by atoms with van der Waals surface area (Å²) >= 11 is 0. The molecule has 88 valence electrons. The van der Waals surface area contributed by atoms with Crippen molar-refractivity contribution < 1.29 is 13.2 Å². The lowest BCUT2D eigenvalue weighted by molar-refractivity contribution is 0.0953. The molecule has 1 amide bonds. The van der Waals surface area contributed by atoms with Crippen molar-refractivity contribution in [2.24, 2.45) is 5.84 Å². The second-order valence-electron chi connectivity index (χ2n) is 3.59. The van der Waals surface area contributed by atoms with Gasteiger partial charge in [0.05, 0.1) is 10.1 Å². The van der Waals surface area contributed by atoms with E-state index in [0.717, 1.165) is 0 Å². The normalized spacial score (nSPS) is 11.5. The molecule has 1 aromatic rings. The number of carbonyl (C=O) groups excluding carboxylic acids is 1. The molecule has 0 aliphatic carbocycles. The standard InChI is InChI=1S/C10H14N2O3S/c1-7(2)16(14,15)9-5-3-8(4-6-9)10(13)12-11/h3-7H,11H2,1-2H3,(H,12,13). The Bertz CT molecular complexity index is 477. The van der Waals surface area contributed by atoms with Gasteiger partial charge in [-0.15, -0.1) is 0 Å². The molecule has 3 N–H and O–H groups in total. The molecule has 0 aliphatic heterocycles. The summed E-state index contributed by atoms with van der Waals surface area (Å²) in [6.45, 7) is 3.21.